The van der Waals surface area contributed by atoms with Gasteiger partial charge in [-0.25, -0.2) is 0 Å². The van der Waals surface area contributed by atoms with Crippen LogP contribution in [0.1, 0.15) is 36.5 Å². The lowest BCUT2D eigenvalue weighted by Gasteiger charge is -2.32. The number of para-hydroxylation sites is 1. The van der Waals surface area contributed by atoms with E-state index < -0.39 is 0 Å². The molecule has 1 atom stereocenters. The zero-order chi connectivity index (χ0) is 18.6. The van der Waals surface area contributed by atoms with Crippen LogP contribution in [-0.2, 0) is 22.6 Å². The molecule has 142 valence electrons. The minimum absolute atomic E-state index is 0.0167. The molecule has 1 saturated heterocycles. The Bertz CT molecular complexity index is 917. The van der Waals surface area contributed by atoms with Crippen LogP contribution in [0.15, 0.2) is 35.0 Å². The number of H-pyrrole nitrogens is 1. The number of benzene rings is 1. The SMILES string of the molecule is Cc1noc(COC2CCCN(C(=O)CCc3c[nH]c4ccccc34)C2)n1. The van der Waals surface area contributed by atoms with Gasteiger partial charge in [-0.3, -0.25) is 4.79 Å². The summed E-state index contributed by atoms with van der Waals surface area (Å²) in [5.41, 5.74) is 2.30. The number of nitrogens with one attached hydrogen (secondary N) is 1. The minimum atomic E-state index is 0.0167. The predicted molar refractivity (Wildman–Crippen MR) is 100 cm³/mol. The van der Waals surface area contributed by atoms with Gasteiger partial charge in [-0.1, -0.05) is 23.4 Å². The molecule has 0 bridgehead atoms. The van der Waals surface area contributed by atoms with Crippen molar-refractivity contribution in [2.24, 2.45) is 0 Å². The van der Waals surface area contributed by atoms with Crippen molar-refractivity contribution in [1.82, 2.24) is 20.0 Å². The first-order chi connectivity index (χ1) is 13.2. The van der Waals surface area contributed by atoms with E-state index in [1.54, 1.807) is 6.92 Å². The first-order valence-electron chi connectivity index (χ1n) is 9.42. The monoisotopic (exact) mass is 368 g/mol. The maximum atomic E-state index is 12.7. The molecule has 1 fully saturated rings. The third-order valence-electron chi connectivity index (χ3n) is 5.03. The Labute approximate surface area is 157 Å². The molecular weight excluding hydrogens is 344 g/mol. The Morgan fingerprint density at radius 3 is 3.15 bits per heavy atom. The van der Waals surface area contributed by atoms with Gasteiger partial charge in [-0.05, 0) is 37.8 Å². The van der Waals surface area contributed by atoms with Crippen molar-refractivity contribution in [3.8, 4) is 0 Å². The average Bonchev–Trinajstić information content (AvgIpc) is 3.30. The van der Waals surface area contributed by atoms with Crippen LogP contribution >= 0.6 is 0 Å². The Kier molecular flexibility index (Phi) is 5.20. The molecule has 1 aliphatic heterocycles. The zero-order valence-electron chi connectivity index (χ0n) is 15.5. The van der Waals surface area contributed by atoms with Gasteiger partial charge in [0.1, 0.15) is 6.61 Å². The fraction of sp³-hybridized carbons (Fsp3) is 0.450. The van der Waals surface area contributed by atoms with Crippen LogP contribution in [0.5, 0.6) is 0 Å². The molecule has 3 aromatic rings. The fourth-order valence-corrected chi connectivity index (χ4v) is 3.63. The molecule has 2 aromatic heterocycles. The van der Waals surface area contributed by atoms with Gasteiger partial charge in [0.2, 0.25) is 5.91 Å². The van der Waals surface area contributed by atoms with E-state index >= 15 is 0 Å². The minimum Gasteiger partial charge on any atom is -0.367 e. The van der Waals surface area contributed by atoms with Crippen molar-refractivity contribution in [3.63, 3.8) is 0 Å². The Hall–Kier alpha value is -2.67. The van der Waals surface area contributed by atoms with Gasteiger partial charge in [0.15, 0.2) is 5.82 Å². The standard InChI is InChI=1S/C20H24N4O3/c1-14-22-19(27-23-14)13-26-16-5-4-10-24(12-16)20(25)9-8-15-11-21-18-7-3-2-6-17(15)18/h2-3,6-7,11,16,21H,4-5,8-10,12-13H2,1H3. The number of aromatic nitrogens is 3. The van der Waals surface area contributed by atoms with E-state index in [0.717, 1.165) is 31.3 Å². The Morgan fingerprint density at radius 2 is 2.30 bits per heavy atom. The number of nitrogens with zero attached hydrogens (tertiary/aromatic N) is 3. The third-order valence-corrected chi connectivity index (χ3v) is 5.03. The molecular formula is C20H24N4O3. The molecule has 1 aliphatic rings. The van der Waals surface area contributed by atoms with Gasteiger partial charge in [0, 0.05) is 36.6 Å². The fourth-order valence-electron chi connectivity index (χ4n) is 3.63. The summed E-state index contributed by atoms with van der Waals surface area (Å²) in [6.45, 7) is 3.50. The second kappa shape index (κ2) is 7.92. The van der Waals surface area contributed by atoms with Crippen molar-refractivity contribution in [1.29, 1.82) is 0 Å². The second-order valence-corrected chi connectivity index (χ2v) is 7.01. The van der Waals surface area contributed by atoms with Crippen molar-refractivity contribution in [3.05, 3.63) is 47.7 Å². The maximum absolute atomic E-state index is 12.7. The van der Waals surface area contributed by atoms with E-state index in [9.17, 15) is 4.79 Å². The van der Waals surface area contributed by atoms with Crippen LogP contribution in [0.2, 0.25) is 0 Å². The highest BCUT2D eigenvalue weighted by Gasteiger charge is 2.24. The van der Waals surface area contributed by atoms with E-state index in [4.69, 9.17) is 9.26 Å². The summed E-state index contributed by atoms with van der Waals surface area (Å²) in [5, 5.41) is 4.96. The Morgan fingerprint density at radius 1 is 1.41 bits per heavy atom. The second-order valence-electron chi connectivity index (χ2n) is 7.01. The summed E-state index contributed by atoms with van der Waals surface area (Å²) < 4.78 is 11.0. The van der Waals surface area contributed by atoms with E-state index in [2.05, 4.69) is 27.3 Å². The van der Waals surface area contributed by atoms with Crippen LogP contribution in [-0.4, -0.2) is 45.1 Å². The number of aryl methyl sites for hydroxylation is 2. The van der Waals surface area contributed by atoms with Crippen LogP contribution in [0, 0.1) is 6.92 Å². The number of piperidine rings is 1. The van der Waals surface area contributed by atoms with Crippen molar-refractivity contribution in [2.75, 3.05) is 13.1 Å². The molecule has 0 radical (unpaired) electrons. The molecule has 4 rings (SSSR count). The molecule has 1 unspecified atom stereocenters. The smallest absolute Gasteiger partial charge is 0.252 e. The van der Waals surface area contributed by atoms with Crippen molar-refractivity contribution in [2.45, 2.75) is 45.3 Å². The highest BCUT2D eigenvalue weighted by molar-refractivity contribution is 5.84. The topological polar surface area (TPSA) is 84.3 Å². The van der Waals surface area contributed by atoms with E-state index in [0.29, 0.717) is 31.3 Å². The lowest BCUT2D eigenvalue weighted by atomic mass is 10.1. The summed E-state index contributed by atoms with van der Waals surface area (Å²) in [6, 6.07) is 8.18. The number of aromatic amines is 1. The largest absolute Gasteiger partial charge is 0.367 e. The van der Waals surface area contributed by atoms with Crippen molar-refractivity contribution < 1.29 is 14.1 Å². The number of amides is 1. The molecule has 0 aliphatic carbocycles. The molecule has 1 aromatic carbocycles. The van der Waals surface area contributed by atoms with Crippen LogP contribution in [0.4, 0.5) is 0 Å². The molecule has 7 heteroatoms. The zero-order valence-corrected chi connectivity index (χ0v) is 15.5. The number of likely N-dealkylation sites (tertiary alicyclic amines) is 1. The molecule has 0 saturated carbocycles. The van der Waals surface area contributed by atoms with Gasteiger partial charge < -0.3 is 19.1 Å². The molecule has 1 amide bonds. The van der Waals surface area contributed by atoms with Crippen LogP contribution in [0.25, 0.3) is 10.9 Å². The normalized spacial score (nSPS) is 17.5. The maximum Gasteiger partial charge on any atom is 0.252 e. The lowest BCUT2D eigenvalue weighted by Crippen LogP contribution is -2.43. The number of carbonyl (C=O) groups is 1. The summed E-state index contributed by atoms with van der Waals surface area (Å²) in [6.07, 6.45) is 5.17. The first kappa shape index (κ1) is 17.7. The van der Waals surface area contributed by atoms with E-state index in [1.807, 2.05) is 23.2 Å². The summed E-state index contributed by atoms with van der Waals surface area (Å²) in [7, 11) is 0. The number of hydrogen-bond acceptors (Lipinski definition) is 5. The summed E-state index contributed by atoms with van der Waals surface area (Å²) in [5.74, 6) is 1.27. The van der Waals surface area contributed by atoms with Gasteiger partial charge in [0.05, 0.1) is 6.10 Å². The van der Waals surface area contributed by atoms with Crippen LogP contribution in [0.3, 0.4) is 0 Å². The third kappa shape index (κ3) is 4.19. The van der Waals surface area contributed by atoms with Gasteiger partial charge in [0.25, 0.3) is 5.89 Å². The molecule has 27 heavy (non-hydrogen) atoms. The first-order valence-corrected chi connectivity index (χ1v) is 9.42. The number of rotatable bonds is 6. The number of hydrogen-bond donors (Lipinski definition) is 1. The average molecular weight is 368 g/mol. The molecule has 1 N–H and O–H groups in total. The van der Waals surface area contributed by atoms with Gasteiger partial charge >= 0.3 is 0 Å². The lowest BCUT2D eigenvalue weighted by molar-refractivity contribution is -0.135. The van der Waals surface area contributed by atoms with Gasteiger partial charge in [-0.15, -0.1) is 0 Å². The molecule has 0 spiro atoms. The number of fused-ring (bicyclic) bond motifs is 1. The van der Waals surface area contributed by atoms with Gasteiger partial charge in [-0.2, -0.15) is 4.98 Å². The highest BCUT2D eigenvalue weighted by Crippen LogP contribution is 2.20. The number of carbonyl (C=O) groups excluding carboxylic acids is 1. The van der Waals surface area contributed by atoms with Crippen molar-refractivity contribution >= 4 is 16.8 Å². The Balaban J connectivity index is 1.29. The van der Waals surface area contributed by atoms with E-state index in [1.165, 1.54) is 10.9 Å². The number of ether oxygens (including phenoxy) is 1. The van der Waals surface area contributed by atoms with Crippen LogP contribution < -0.4 is 0 Å². The predicted octanol–water partition coefficient (Wildman–Crippen LogP) is 3.00. The summed E-state index contributed by atoms with van der Waals surface area (Å²) >= 11 is 0. The quantitative estimate of drug-likeness (QED) is 0.723. The summed E-state index contributed by atoms with van der Waals surface area (Å²) in [4.78, 5) is 22.0. The van der Waals surface area contributed by atoms with E-state index in [-0.39, 0.29) is 12.0 Å². The molecule has 3 heterocycles. The highest BCUT2D eigenvalue weighted by atomic mass is 16.5. The molecule has 7 nitrogen and oxygen atoms in total.